The molecule has 1 unspecified atom stereocenters. The summed E-state index contributed by atoms with van der Waals surface area (Å²) in [5.41, 5.74) is 0. The molecule has 2 N–H and O–H groups in total. The highest BCUT2D eigenvalue weighted by molar-refractivity contribution is 4.68. The first-order valence-electron chi connectivity index (χ1n) is 5.83. The monoisotopic (exact) mass is 200 g/mol. The van der Waals surface area contributed by atoms with Gasteiger partial charge in [-0.2, -0.15) is 0 Å². The molecule has 1 saturated heterocycles. The van der Waals surface area contributed by atoms with Crippen molar-refractivity contribution >= 4 is 0 Å². The van der Waals surface area contributed by atoms with E-state index < -0.39 is 0 Å². The van der Waals surface area contributed by atoms with Crippen LogP contribution in [0.5, 0.6) is 0 Å². The van der Waals surface area contributed by atoms with E-state index in [1.54, 1.807) is 0 Å². The Hall–Kier alpha value is -0.120. The summed E-state index contributed by atoms with van der Waals surface area (Å²) >= 11 is 0. The van der Waals surface area contributed by atoms with Crippen LogP contribution in [0.4, 0.5) is 0 Å². The van der Waals surface area contributed by atoms with E-state index in [0.29, 0.717) is 0 Å². The number of aliphatic hydroxyl groups excluding tert-OH is 1. The summed E-state index contributed by atoms with van der Waals surface area (Å²) in [6.45, 7) is 4.61. The number of rotatable bonds is 5. The lowest BCUT2D eigenvalue weighted by molar-refractivity contribution is 0.211. The van der Waals surface area contributed by atoms with Gasteiger partial charge in [-0.3, -0.25) is 0 Å². The number of hydrogen-bond donors (Lipinski definition) is 2. The highest BCUT2D eigenvalue weighted by Gasteiger charge is 2.12. The Kier molecular flexibility index (Phi) is 6.15. The van der Waals surface area contributed by atoms with Crippen molar-refractivity contribution in [1.82, 2.24) is 10.2 Å². The van der Waals surface area contributed by atoms with Crippen LogP contribution >= 0.6 is 0 Å². The van der Waals surface area contributed by atoms with Gasteiger partial charge in [0.15, 0.2) is 0 Å². The Morgan fingerprint density at radius 1 is 1.29 bits per heavy atom. The molecule has 0 spiro atoms. The molecule has 0 aromatic carbocycles. The molecule has 0 aromatic rings. The number of nitrogens with zero attached hydrogens (tertiary/aromatic N) is 1. The van der Waals surface area contributed by atoms with E-state index in [0.717, 1.165) is 19.0 Å². The molecule has 84 valence electrons. The van der Waals surface area contributed by atoms with Crippen LogP contribution in [0.25, 0.3) is 0 Å². The van der Waals surface area contributed by atoms with Crippen LogP contribution in [0, 0.1) is 5.92 Å². The quantitative estimate of drug-likeness (QED) is 0.685. The normalized spacial score (nSPS) is 23.8. The van der Waals surface area contributed by atoms with Gasteiger partial charge in [0.2, 0.25) is 0 Å². The summed E-state index contributed by atoms with van der Waals surface area (Å²) in [6, 6.07) is 0. The van der Waals surface area contributed by atoms with E-state index >= 15 is 0 Å². The fraction of sp³-hybridized carbons (Fsp3) is 1.00. The van der Waals surface area contributed by atoms with Crippen molar-refractivity contribution in [2.24, 2.45) is 5.92 Å². The first-order valence-corrected chi connectivity index (χ1v) is 5.83. The van der Waals surface area contributed by atoms with Gasteiger partial charge in [-0.15, -0.1) is 0 Å². The Morgan fingerprint density at radius 2 is 2.14 bits per heavy atom. The molecule has 1 aliphatic rings. The lowest BCUT2D eigenvalue weighted by Gasteiger charge is -2.19. The molecule has 0 amide bonds. The standard InChI is InChI=1S/C11H24N2O/c1-13(9-10-14)8-5-11-3-2-6-12-7-4-11/h11-12,14H,2-10H2,1H3. The van der Waals surface area contributed by atoms with Crippen LogP contribution in [-0.2, 0) is 0 Å². The van der Waals surface area contributed by atoms with Crippen molar-refractivity contribution < 1.29 is 5.11 Å². The van der Waals surface area contributed by atoms with Crippen molar-refractivity contribution in [2.75, 3.05) is 39.8 Å². The summed E-state index contributed by atoms with van der Waals surface area (Å²) in [7, 11) is 2.09. The molecule has 3 heteroatoms. The number of nitrogens with one attached hydrogen (secondary N) is 1. The van der Waals surface area contributed by atoms with Crippen LogP contribution in [0.3, 0.4) is 0 Å². The highest BCUT2D eigenvalue weighted by atomic mass is 16.3. The average Bonchev–Trinajstić information content (AvgIpc) is 2.43. The SMILES string of the molecule is CN(CCO)CCC1CCCNCC1. The Labute approximate surface area is 87.5 Å². The lowest BCUT2D eigenvalue weighted by Crippen LogP contribution is -2.25. The van der Waals surface area contributed by atoms with E-state index in [-0.39, 0.29) is 6.61 Å². The number of hydrogen-bond acceptors (Lipinski definition) is 3. The zero-order valence-electron chi connectivity index (χ0n) is 9.34. The zero-order chi connectivity index (χ0) is 10.2. The van der Waals surface area contributed by atoms with Gasteiger partial charge < -0.3 is 15.3 Å². The maximum atomic E-state index is 8.77. The molecular formula is C11H24N2O. The lowest BCUT2D eigenvalue weighted by atomic mass is 9.97. The summed E-state index contributed by atoms with van der Waals surface area (Å²) < 4.78 is 0. The molecule has 1 aliphatic heterocycles. The second-order valence-electron chi connectivity index (χ2n) is 4.36. The van der Waals surface area contributed by atoms with Gasteiger partial charge in [0.05, 0.1) is 6.61 Å². The van der Waals surface area contributed by atoms with Crippen LogP contribution < -0.4 is 5.32 Å². The van der Waals surface area contributed by atoms with Crippen molar-refractivity contribution in [3.63, 3.8) is 0 Å². The summed E-state index contributed by atoms with van der Waals surface area (Å²) in [5.74, 6) is 0.895. The smallest absolute Gasteiger partial charge is 0.0558 e. The molecule has 3 nitrogen and oxygen atoms in total. The molecule has 0 aromatic heterocycles. The third-order valence-electron chi connectivity index (χ3n) is 3.10. The van der Waals surface area contributed by atoms with Crippen molar-refractivity contribution in [2.45, 2.75) is 25.7 Å². The fourth-order valence-electron chi connectivity index (χ4n) is 2.07. The third-order valence-corrected chi connectivity index (χ3v) is 3.10. The Bertz CT molecular complexity index is 133. The molecule has 0 saturated carbocycles. The maximum absolute atomic E-state index is 8.77. The van der Waals surface area contributed by atoms with Gasteiger partial charge in [-0.25, -0.2) is 0 Å². The van der Waals surface area contributed by atoms with Gasteiger partial charge >= 0.3 is 0 Å². The second kappa shape index (κ2) is 7.21. The van der Waals surface area contributed by atoms with Gasteiger partial charge in [-0.1, -0.05) is 0 Å². The first-order chi connectivity index (χ1) is 6.83. The Balaban J connectivity index is 2.09. The average molecular weight is 200 g/mol. The van der Waals surface area contributed by atoms with Crippen molar-refractivity contribution in [3.05, 3.63) is 0 Å². The molecule has 1 heterocycles. The molecule has 1 rings (SSSR count). The minimum Gasteiger partial charge on any atom is -0.395 e. The summed E-state index contributed by atoms with van der Waals surface area (Å²) in [4.78, 5) is 2.22. The molecule has 0 radical (unpaired) electrons. The fourth-order valence-corrected chi connectivity index (χ4v) is 2.07. The third kappa shape index (κ3) is 4.94. The maximum Gasteiger partial charge on any atom is 0.0558 e. The van der Waals surface area contributed by atoms with Crippen LogP contribution in [-0.4, -0.2) is 49.8 Å². The largest absolute Gasteiger partial charge is 0.395 e. The van der Waals surface area contributed by atoms with Crippen molar-refractivity contribution in [3.8, 4) is 0 Å². The van der Waals surface area contributed by atoms with Gasteiger partial charge in [-0.05, 0) is 58.3 Å². The minimum atomic E-state index is 0.280. The predicted octanol–water partition coefficient (Wildman–Crippen LogP) is 0.690. The van der Waals surface area contributed by atoms with E-state index in [9.17, 15) is 0 Å². The van der Waals surface area contributed by atoms with Crippen LogP contribution in [0.2, 0.25) is 0 Å². The zero-order valence-corrected chi connectivity index (χ0v) is 9.34. The van der Waals surface area contributed by atoms with Crippen LogP contribution in [0.15, 0.2) is 0 Å². The summed E-state index contributed by atoms with van der Waals surface area (Å²) in [5, 5.41) is 12.2. The van der Waals surface area contributed by atoms with Crippen LogP contribution in [0.1, 0.15) is 25.7 Å². The van der Waals surface area contributed by atoms with E-state index in [4.69, 9.17) is 5.11 Å². The summed E-state index contributed by atoms with van der Waals surface area (Å²) in [6.07, 6.45) is 5.32. The van der Waals surface area contributed by atoms with E-state index in [1.807, 2.05) is 0 Å². The van der Waals surface area contributed by atoms with E-state index in [2.05, 4.69) is 17.3 Å². The molecule has 1 atom stereocenters. The molecule has 0 bridgehead atoms. The van der Waals surface area contributed by atoms with E-state index in [1.165, 1.54) is 38.8 Å². The first kappa shape index (κ1) is 12.0. The van der Waals surface area contributed by atoms with Crippen molar-refractivity contribution in [1.29, 1.82) is 0 Å². The van der Waals surface area contributed by atoms with Gasteiger partial charge in [0, 0.05) is 6.54 Å². The molecule has 1 fully saturated rings. The highest BCUT2D eigenvalue weighted by Crippen LogP contribution is 2.17. The number of aliphatic hydroxyl groups is 1. The topological polar surface area (TPSA) is 35.5 Å². The molecular weight excluding hydrogens is 176 g/mol. The second-order valence-corrected chi connectivity index (χ2v) is 4.36. The predicted molar refractivity (Wildman–Crippen MR) is 59.4 cm³/mol. The molecule has 0 aliphatic carbocycles. The van der Waals surface area contributed by atoms with Gasteiger partial charge in [0.1, 0.15) is 0 Å². The number of likely N-dealkylation sites (N-methyl/N-ethyl adjacent to an activating group) is 1. The molecule has 14 heavy (non-hydrogen) atoms. The minimum absolute atomic E-state index is 0.280. The Morgan fingerprint density at radius 3 is 2.93 bits per heavy atom. The van der Waals surface area contributed by atoms with Gasteiger partial charge in [0.25, 0.3) is 0 Å².